The highest BCUT2D eigenvalue weighted by molar-refractivity contribution is 6.27. The summed E-state index contributed by atoms with van der Waals surface area (Å²) in [5.41, 5.74) is -0.506. The number of benzene rings is 1. The number of halogens is 4. The summed E-state index contributed by atoms with van der Waals surface area (Å²) in [5.74, 6) is -7.59. The van der Waals surface area contributed by atoms with Gasteiger partial charge in [-0.2, -0.15) is 0 Å². The fourth-order valence-electron chi connectivity index (χ4n) is 2.32. The molecule has 134 valence electrons. The van der Waals surface area contributed by atoms with Crippen LogP contribution in [0.3, 0.4) is 0 Å². The van der Waals surface area contributed by atoms with Crippen LogP contribution in [0.2, 0.25) is 0 Å². The lowest BCUT2D eigenvalue weighted by atomic mass is 9.89. The minimum Gasteiger partial charge on any atom is -0.473 e. The van der Waals surface area contributed by atoms with Crippen LogP contribution in [-0.2, 0) is 9.59 Å². The van der Waals surface area contributed by atoms with E-state index in [-0.39, 0.29) is 5.92 Å². The largest absolute Gasteiger partial charge is 0.473 e. The van der Waals surface area contributed by atoms with Crippen LogP contribution in [0.25, 0.3) is 0 Å². The summed E-state index contributed by atoms with van der Waals surface area (Å²) in [4.78, 5) is 20.2. The number of likely N-dealkylation sites (tertiary alicyclic amines) is 1. The summed E-state index contributed by atoms with van der Waals surface area (Å²) in [5, 5.41) is 14.8. The third-order valence-corrected chi connectivity index (χ3v) is 3.44. The Hall–Kier alpha value is -2.16. The van der Waals surface area contributed by atoms with E-state index < -0.39 is 41.1 Å². The predicted molar refractivity (Wildman–Crippen MR) is 75.7 cm³/mol. The summed E-state index contributed by atoms with van der Waals surface area (Å²) >= 11 is 0. The van der Waals surface area contributed by atoms with E-state index in [4.69, 9.17) is 19.8 Å². The summed E-state index contributed by atoms with van der Waals surface area (Å²) in [6.45, 7) is 3.89. The normalized spacial score (nSPS) is 15.9. The first-order valence-corrected chi connectivity index (χ1v) is 7.14. The third-order valence-electron chi connectivity index (χ3n) is 3.44. The molecule has 1 saturated heterocycles. The molecule has 0 aliphatic carbocycles. The standard InChI is InChI=1S/C13H15F4N.C2H2O4/c1-2-3-18-6-8(7-18)12(16)10-4-9(14)5-11(15)13(10)17;3-1(4)2(5)6/h4-5,8,12H,2-3,6-7H2,1H3;(H,3,4)(H,5,6). The highest BCUT2D eigenvalue weighted by atomic mass is 19.2. The zero-order valence-electron chi connectivity index (χ0n) is 12.8. The molecule has 1 aliphatic rings. The zero-order chi connectivity index (χ0) is 18.4. The number of aliphatic carboxylic acids is 2. The molecule has 0 spiro atoms. The van der Waals surface area contributed by atoms with Gasteiger partial charge in [0.1, 0.15) is 12.0 Å². The van der Waals surface area contributed by atoms with Crippen molar-refractivity contribution >= 4 is 11.9 Å². The maximum Gasteiger partial charge on any atom is 0.414 e. The first kappa shape index (κ1) is 19.9. The Bertz CT molecular complexity index is 593. The average molecular weight is 351 g/mol. The maximum atomic E-state index is 14.0. The average Bonchev–Trinajstić information content (AvgIpc) is 2.46. The molecule has 2 N–H and O–H groups in total. The molecule has 1 fully saturated rings. The fourth-order valence-corrected chi connectivity index (χ4v) is 2.32. The molecule has 0 aromatic heterocycles. The van der Waals surface area contributed by atoms with E-state index in [9.17, 15) is 17.6 Å². The van der Waals surface area contributed by atoms with Gasteiger partial charge < -0.3 is 15.1 Å². The monoisotopic (exact) mass is 351 g/mol. The SMILES string of the molecule is CCCN1CC(C(F)c2cc(F)cc(F)c2F)C1.O=C(O)C(=O)O. The van der Waals surface area contributed by atoms with Gasteiger partial charge in [-0.15, -0.1) is 0 Å². The maximum absolute atomic E-state index is 14.0. The molecule has 0 radical (unpaired) electrons. The number of carboxylic acids is 2. The van der Waals surface area contributed by atoms with Gasteiger partial charge in [0.2, 0.25) is 0 Å². The van der Waals surface area contributed by atoms with Crippen LogP contribution in [0.1, 0.15) is 25.1 Å². The lowest BCUT2D eigenvalue weighted by Gasteiger charge is -2.40. The molecular formula is C15H17F4NO4. The molecule has 1 aliphatic heterocycles. The van der Waals surface area contributed by atoms with Crippen molar-refractivity contribution in [3.8, 4) is 0 Å². The number of carbonyl (C=O) groups is 2. The van der Waals surface area contributed by atoms with E-state index in [1.807, 2.05) is 11.8 Å². The molecule has 1 atom stereocenters. The molecule has 0 bridgehead atoms. The quantitative estimate of drug-likeness (QED) is 0.495. The Morgan fingerprint density at radius 3 is 2.21 bits per heavy atom. The van der Waals surface area contributed by atoms with Crippen molar-refractivity contribution in [2.24, 2.45) is 5.92 Å². The second-order valence-electron chi connectivity index (χ2n) is 5.32. The molecule has 1 aromatic rings. The first-order chi connectivity index (χ1) is 11.2. The molecule has 1 heterocycles. The highest BCUT2D eigenvalue weighted by Crippen LogP contribution is 2.35. The van der Waals surface area contributed by atoms with Crippen LogP contribution in [0, 0.1) is 23.4 Å². The Labute approximate surface area is 135 Å². The molecule has 0 saturated carbocycles. The van der Waals surface area contributed by atoms with Crippen LogP contribution in [0.15, 0.2) is 12.1 Å². The van der Waals surface area contributed by atoms with Crippen molar-refractivity contribution in [1.82, 2.24) is 4.90 Å². The summed E-state index contributed by atoms with van der Waals surface area (Å²) in [6.07, 6.45) is -0.685. The molecular weight excluding hydrogens is 334 g/mol. The molecule has 1 unspecified atom stereocenters. The van der Waals surface area contributed by atoms with Gasteiger partial charge in [-0.25, -0.2) is 27.2 Å². The molecule has 0 amide bonds. The topological polar surface area (TPSA) is 77.8 Å². The molecule has 5 nitrogen and oxygen atoms in total. The number of hydrogen-bond donors (Lipinski definition) is 2. The number of rotatable bonds is 4. The van der Waals surface area contributed by atoms with Gasteiger partial charge in [0, 0.05) is 30.6 Å². The predicted octanol–water partition coefficient (Wildman–Crippen LogP) is 2.61. The minimum absolute atomic E-state index is 0.382. The van der Waals surface area contributed by atoms with Crippen LogP contribution < -0.4 is 0 Å². The Kier molecular flexibility index (Phi) is 7.15. The van der Waals surface area contributed by atoms with Crippen molar-refractivity contribution in [3.05, 3.63) is 35.1 Å². The van der Waals surface area contributed by atoms with Crippen molar-refractivity contribution in [3.63, 3.8) is 0 Å². The molecule has 2 rings (SSSR count). The van der Waals surface area contributed by atoms with Crippen molar-refractivity contribution in [1.29, 1.82) is 0 Å². The van der Waals surface area contributed by atoms with E-state index in [0.29, 0.717) is 19.2 Å². The van der Waals surface area contributed by atoms with Crippen LogP contribution in [0.4, 0.5) is 17.6 Å². The number of nitrogens with zero attached hydrogens (tertiary/aromatic N) is 1. The minimum atomic E-state index is -1.82. The number of hydrogen-bond acceptors (Lipinski definition) is 3. The lowest BCUT2D eigenvalue weighted by molar-refractivity contribution is -0.159. The van der Waals surface area contributed by atoms with Crippen LogP contribution in [-0.4, -0.2) is 46.7 Å². The summed E-state index contributed by atoms with van der Waals surface area (Å²) in [7, 11) is 0. The second-order valence-corrected chi connectivity index (χ2v) is 5.32. The van der Waals surface area contributed by atoms with E-state index in [0.717, 1.165) is 19.0 Å². The van der Waals surface area contributed by atoms with Gasteiger partial charge in [0.25, 0.3) is 0 Å². The fraction of sp³-hybridized carbons (Fsp3) is 0.467. The summed E-state index contributed by atoms with van der Waals surface area (Å²) in [6, 6.07) is 1.17. The Morgan fingerprint density at radius 1 is 1.21 bits per heavy atom. The highest BCUT2D eigenvalue weighted by Gasteiger charge is 2.36. The first-order valence-electron chi connectivity index (χ1n) is 7.14. The zero-order valence-corrected chi connectivity index (χ0v) is 12.8. The van der Waals surface area contributed by atoms with E-state index in [2.05, 4.69) is 0 Å². The van der Waals surface area contributed by atoms with E-state index >= 15 is 0 Å². The van der Waals surface area contributed by atoms with Crippen molar-refractivity contribution < 1.29 is 37.4 Å². The van der Waals surface area contributed by atoms with Gasteiger partial charge in [-0.1, -0.05) is 6.92 Å². The smallest absolute Gasteiger partial charge is 0.414 e. The van der Waals surface area contributed by atoms with Gasteiger partial charge in [0.15, 0.2) is 11.6 Å². The number of carboxylic acid groups (broad SMARTS) is 2. The van der Waals surface area contributed by atoms with E-state index in [1.165, 1.54) is 0 Å². The van der Waals surface area contributed by atoms with Gasteiger partial charge in [-0.05, 0) is 19.0 Å². The molecule has 9 heteroatoms. The Balaban J connectivity index is 0.000000413. The van der Waals surface area contributed by atoms with Crippen molar-refractivity contribution in [2.45, 2.75) is 19.5 Å². The van der Waals surface area contributed by atoms with Gasteiger partial charge >= 0.3 is 11.9 Å². The number of alkyl halides is 1. The van der Waals surface area contributed by atoms with Crippen LogP contribution >= 0.6 is 0 Å². The second kappa shape index (κ2) is 8.62. The van der Waals surface area contributed by atoms with Gasteiger partial charge in [-0.3, -0.25) is 0 Å². The molecule has 1 aromatic carbocycles. The summed E-state index contributed by atoms with van der Waals surface area (Å²) < 4.78 is 53.4. The van der Waals surface area contributed by atoms with E-state index in [1.54, 1.807) is 0 Å². The lowest BCUT2D eigenvalue weighted by Crippen LogP contribution is -2.48. The van der Waals surface area contributed by atoms with Crippen molar-refractivity contribution in [2.75, 3.05) is 19.6 Å². The van der Waals surface area contributed by atoms with Gasteiger partial charge in [0.05, 0.1) is 0 Å². The third kappa shape index (κ3) is 5.19. The Morgan fingerprint density at radius 2 is 1.75 bits per heavy atom. The molecule has 24 heavy (non-hydrogen) atoms. The van der Waals surface area contributed by atoms with Crippen LogP contribution in [0.5, 0.6) is 0 Å².